The molecule has 0 fully saturated rings. The summed E-state index contributed by atoms with van der Waals surface area (Å²) in [7, 11) is 1.29. The Morgan fingerprint density at radius 1 is 1.39 bits per heavy atom. The van der Waals surface area contributed by atoms with Gasteiger partial charge in [-0.15, -0.1) is 0 Å². The Bertz CT molecular complexity index is 775. The van der Waals surface area contributed by atoms with E-state index in [1.165, 1.54) is 25.6 Å². The number of esters is 1. The minimum atomic E-state index is -0.495. The van der Waals surface area contributed by atoms with E-state index >= 15 is 0 Å². The standard InChI is InChI=1S/C16H14N2O5/c1-22-16(19)10-7-11(9-17-8-10)23-15-6-5-12-13(15)3-2-4-14(12)18(20)21/h2-4,7-9,15H,5-6H2,1H3/t15-/m1/s1. The fourth-order valence-electron chi connectivity index (χ4n) is 2.77. The quantitative estimate of drug-likeness (QED) is 0.489. The van der Waals surface area contributed by atoms with Crippen LogP contribution in [0.2, 0.25) is 0 Å². The number of nitro benzene ring substituents is 1. The molecule has 1 atom stereocenters. The molecular weight excluding hydrogens is 300 g/mol. The van der Waals surface area contributed by atoms with E-state index in [9.17, 15) is 14.9 Å². The van der Waals surface area contributed by atoms with Crippen LogP contribution in [0.25, 0.3) is 0 Å². The summed E-state index contributed by atoms with van der Waals surface area (Å²) in [5, 5.41) is 11.1. The van der Waals surface area contributed by atoms with Gasteiger partial charge in [0.15, 0.2) is 0 Å². The Balaban J connectivity index is 1.86. The van der Waals surface area contributed by atoms with Gasteiger partial charge in [-0.3, -0.25) is 15.1 Å². The van der Waals surface area contributed by atoms with Gasteiger partial charge in [-0.25, -0.2) is 4.79 Å². The van der Waals surface area contributed by atoms with Gasteiger partial charge in [-0.05, 0) is 18.9 Å². The highest BCUT2D eigenvalue weighted by Crippen LogP contribution is 2.39. The van der Waals surface area contributed by atoms with Gasteiger partial charge in [0.05, 0.1) is 23.8 Å². The summed E-state index contributed by atoms with van der Waals surface area (Å²) in [6.07, 6.45) is 3.83. The fourth-order valence-corrected chi connectivity index (χ4v) is 2.77. The summed E-state index contributed by atoms with van der Waals surface area (Å²) >= 11 is 0. The first-order valence-electron chi connectivity index (χ1n) is 7.06. The molecule has 118 valence electrons. The second-order valence-electron chi connectivity index (χ2n) is 5.15. The van der Waals surface area contributed by atoms with Crippen LogP contribution < -0.4 is 4.74 Å². The zero-order valence-electron chi connectivity index (χ0n) is 12.4. The number of rotatable bonds is 4. The summed E-state index contributed by atoms with van der Waals surface area (Å²) in [6.45, 7) is 0. The molecule has 3 rings (SSSR count). The Morgan fingerprint density at radius 2 is 2.22 bits per heavy atom. The summed E-state index contributed by atoms with van der Waals surface area (Å²) in [5.74, 6) is -0.0670. The van der Waals surface area contributed by atoms with Crippen molar-refractivity contribution in [2.24, 2.45) is 0 Å². The van der Waals surface area contributed by atoms with Gasteiger partial charge in [0.25, 0.3) is 5.69 Å². The average molecular weight is 314 g/mol. The molecule has 1 aliphatic carbocycles. The van der Waals surface area contributed by atoms with Gasteiger partial charge < -0.3 is 9.47 Å². The van der Waals surface area contributed by atoms with Crippen LogP contribution in [-0.4, -0.2) is 23.0 Å². The monoisotopic (exact) mass is 314 g/mol. The Hall–Kier alpha value is -2.96. The predicted octanol–water partition coefficient (Wildman–Crippen LogP) is 2.84. The van der Waals surface area contributed by atoms with Crippen LogP contribution in [0, 0.1) is 10.1 Å². The Morgan fingerprint density at radius 3 is 2.96 bits per heavy atom. The van der Waals surface area contributed by atoms with Crippen molar-refractivity contribution in [3.8, 4) is 5.75 Å². The van der Waals surface area contributed by atoms with E-state index in [0.717, 1.165) is 5.56 Å². The molecule has 0 unspecified atom stereocenters. The number of methoxy groups -OCH3 is 1. The molecule has 2 aromatic rings. The summed E-state index contributed by atoms with van der Waals surface area (Å²) in [4.78, 5) is 26.2. The Kier molecular flexibility index (Phi) is 3.92. The lowest BCUT2D eigenvalue weighted by Crippen LogP contribution is -2.06. The fraction of sp³-hybridized carbons (Fsp3) is 0.250. The number of aromatic nitrogens is 1. The Labute approximate surface area is 132 Å². The highest BCUT2D eigenvalue weighted by molar-refractivity contribution is 5.89. The van der Waals surface area contributed by atoms with Crippen LogP contribution in [0.1, 0.15) is 34.0 Å². The highest BCUT2D eigenvalue weighted by atomic mass is 16.6. The number of benzene rings is 1. The molecule has 0 spiro atoms. The molecule has 23 heavy (non-hydrogen) atoms. The molecule has 1 aromatic carbocycles. The van der Waals surface area contributed by atoms with Crippen molar-refractivity contribution < 1.29 is 19.2 Å². The third kappa shape index (κ3) is 2.85. The van der Waals surface area contributed by atoms with E-state index in [4.69, 9.17) is 4.74 Å². The highest BCUT2D eigenvalue weighted by Gasteiger charge is 2.30. The number of nitrogens with zero attached hydrogens (tertiary/aromatic N) is 2. The van der Waals surface area contributed by atoms with E-state index in [1.54, 1.807) is 12.1 Å². The lowest BCUT2D eigenvalue weighted by Gasteiger charge is -2.15. The van der Waals surface area contributed by atoms with Crippen molar-refractivity contribution in [2.45, 2.75) is 18.9 Å². The van der Waals surface area contributed by atoms with Crippen molar-refractivity contribution in [1.29, 1.82) is 0 Å². The van der Waals surface area contributed by atoms with Crippen LogP contribution in [0.15, 0.2) is 36.7 Å². The van der Waals surface area contributed by atoms with E-state index in [0.29, 0.717) is 29.7 Å². The molecule has 0 amide bonds. The maximum atomic E-state index is 11.5. The van der Waals surface area contributed by atoms with Gasteiger partial charge in [-0.2, -0.15) is 0 Å². The molecule has 7 heteroatoms. The van der Waals surface area contributed by atoms with Crippen molar-refractivity contribution in [1.82, 2.24) is 4.98 Å². The topological polar surface area (TPSA) is 91.6 Å². The summed E-state index contributed by atoms with van der Waals surface area (Å²) < 4.78 is 10.5. The van der Waals surface area contributed by atoms with E-state index in [2.05, 4.69) is 9.72 Å². The van der Waals surface area contributed by atoms with Crippen LogP contribution in [0.3, 0.4) is 0 Å². The molecule has 7 nitrogen and oxygen atoms in total. The number of ether oxygens (including phenoxy) is 2. The summed E-state index contributed by atoms with van der Waals surface area (Å²) in [5.41, 5.74) is 1.93. The number of carbonyl (C=O) groups is 1. The first kappa shape index (κ1) is 15.0. The molecule has 0 saturated carbocycles. The van der Waals surface area contributed by atoms with E-state index in [1.807, 2.05) is 6.07 Å². The number of hydrogen-bond donors (Lipinski definition) is 0. The van der Waals surface area contributed by atoms with E-state index in [-0.39, 0.29) is 16.7 Å². The second-order valence-corrected chi connectivity index (χ2v) is 5.15. The largest absolute Gasteiger partial charge is 0.484 e. The molecule has 0 N–H and O–H groups in total. The van der Waals surface area contributed by atoms with Gasteiger partial charge >= 0.3 is 5.97 Å². The number of nitro groups is 1. The zero-order valence-corrected chi connectivity index (χ0v) is 12.4. The third-order valence-electron chi connectivity index (χ3n) is 3.80. The SMILES string of the molecule is COC(=O)c1cncc(O[C@@H]2CCc3c2cccc3[N+](=O)[O-])c1. The lowest BCUT2D eigenvalue weighted by molar-refractivity contribution is -0.385. The molecule has 0 radical (unpaired) electrons. The van der Waals surface area contributed by atoms with Crippen LogP contribution in [0.5, 0.6) is 5.75 Å². The molecule has 0 saturated heterocycles. The van der Waals surface area contributed by atoms with Crippen LogP contribution in [-0.2, 0) is 11.2 Å². The first-order valence-corrected chi connectivity index (χ1v) is 7.06. The first-order chi connectivity index (χ1) is 11.1. The smallest absolute Gasteiger partial charge is 0.339 e. The van der Waals surface area contributed by atoms with Gasteiger partial charge in [0.1, 0.15) is 11.9 Å². The van der Waals surface area contributed by atoms with Crippen molar-refractivity contribution in [3.05, 3.63) is 63.5 Å². The minimum absolute atomic E-state index is 0.120. The predicted molar refractivity (Wildman–Crippen MR) is 80.4 cm³/mol. The number of carbonyl (C=O) groups excluding carboxylic acids is 1. The number of pyridine rings is 1. The molecular formula is C16H14N2O5. The zero-order chi connectivity index (χ0) is 16.4. The maximum absolute atomic E-state index is 11.5. The summed E-state index contributed by atoms with van der Waals surface area (Å²) in [6, 6.07) is 6.54. The normalized spacial score (nSPS) is 15.8. The van der Waals surface area contributed by atoms with Gasteiger partial charge in [0.2, 0.25) is 0 Å². The van der Waals surface area contributed by atoms with Crippen LogP contribution in [0.4, 0.5) is 5.69 Å². The number of fused-ring (bicyclic) bond motifs is 1. The van der Waals surface area contributed by atoms with Crippen LogP contribution >= 0.6 is 0 Å². The minimum Gasteiger partial charge on any atom is -0.484 e. The maximum Gasteiger partial charge on any atom is 0.339 e. The molecule has 0 aliphatic heterocycles. The molecule has 1 aliphatic rings. The molecule has 1 heterocycles. The van der Waals surface area contributed by atoms with Crippen molar-refractivity contribution in [2.75, 3.05) is 7.11 Å². The lowest BCUT2D eigenvalue weighted by atomic mass is 10.1. The average Bonchev–Trinajstić information content (AvgIpc) is 2.97. The van der Waals surface area contributed by atoms with Gasteiger partial charge in [0, 0.05) is 23.4 Å². The number of hydrogen-bond acceptors (Lipinski definition) is 6. The molecule has 1 aromatic heterocycles. The third-order valence-corrected chi connectivity index (χ3v) is 3.80. The molecule has 0 bridgehead atoms. The van der Waals surface area contributed by atoms with Crippen molar-refractivity contribution in [3.63, 3.8) is 0 Å². The second kappa shape index (κ2) is 6.04. The van der Waals surface area contributed by atoms with E-state index < -0.39 is 5.97 Å². The van der Waals surface area contributed by atoms with Gasteiger partial charge in [-0.1, -0.05) is 12.1 Å². The van der Waals surface area contributed by atoms with Crippen molar-refractivity contribution >= 4 is 11.7 Å².